The summed E-state index contributed by atoms with van der Waals surface area (Å²) in [4.78, 5) is 15.7. The number of aromatic nitrogens is 1. The molecule has 1 atom stereocenters. The third-order valence-electron chi connectivity index (χ3n) is 2.77. The zero-order chi connectivity index (χ0) is 14.4. The molecule has 2 N–H and O–H groups in total. The molecule has 0 saturated carbocycles. The Bertz CT molecular complexity index is 557. The molecular weight excluding hydrogens is 318 g/mol. The third-order valence-corrected chi connectivity index (χ3v) is 3.30. The van der Waals surface area contributed by atoms with Crippen LogP contribution in [0.1, 0.15) is 12.5 Å². The lowest BCUT2D eigenvalue weighted by molar-refractivity contribution is 0.249. The molecule has 20 heavy (non-hydrogen) atoms. The van der Waals surface area contributed by atoms with Gasteiger partial charge in [0.15, 0.2) is 0 Å². The Balaban J connectivity index is 1.83. The summed E-state index contributed by atoms with van der Waals surface area (Å²) in [5, 5.41) is 5.68. The molecule has 0 saturated heterocycles. The van der Waals surface area contributed by atoms with E-state index < -0.39 is 0 Å². The van der Waals surface area contributed by atoms with Crippen LogP contribution >= 0.6 is 15.9 Å². The second kappa shape index (κ2) is 7.05. The number of rotatable bonds is 4. The fraction of sp³-hybridized carbons (Fsp3) is 0.200. The van der Waals surface area contributed by atoms with Gasteiger partial charge in [0.05, 0.1) is 0 Å². The van der Waals surface area contributed by atoms with Gasteiger partial charge in [0.1, 0.15) is 0 Å². The van der Waals surface area contributed by atoms with Gasteiger partial charge < -0.3 is 10.6 Å². The first-order valence-electron chi connectivity index (χ1n) is 6.35. The van der Waals surface area contributed by atoms with Gasteiger partial charge in [-0.15, -0.1) is 0 Å². The van der Waals surface area contributed by atoms with Crippen molar-refractivity contribution in [2.75, 3.05) is 5.32 Å². The second-order valence-corrected chi connectivity index (χ2v) is 5.48. The molecule has 0 fully saturated rings. The van der Waals surface area contributed by atoms with Crippen LogP contribution in [0.4, 0.5) is 10.5 Å². The summed E-state index contributed by atoms with van der Waals surface area (Å²) >= 11 is 3.40. The fourth-order valence-electron chi connectivity index (χ4n) is 1.85. The minimum Gasteiger partial charge on any atom is -0.335 e. The van der Waals surface area contributed by atoms with Gasteiger partial charge >= 0.3 is 6.03 Å². The van der Waals surface area contributed by atoms with Crippen LogP contribution in [0.25, 0.3) is 0 Å². The Morgan fingerprint density at radius 3 is 2.50 bits per heavy atom. The van der Waals surface area contributed by atoms with Crippen LogP contribution < -0.4 is 10.6 Å². The first-order chi connectivity index (χ1) is 9.63. The molecule has 0 aliphatic heterocycles. The average molecular weight is 334 g/mol. The molecule has 1 heterocycles. The van der Waals surface area contributed by atoms with Crippen molar-refractivity contribution in [3.05, 3.63) is 58.8 Å². The molecule has 4 nitrogen and oxygen atoms in total. The van der Waals surface area contributed by atoms with Gasteiger partial charge in [-0.2, -0.15) is 0 Å². The van der Waals surface area contributed by atoms with Gasteiger partial charge in [-0.3, -0.25) is 4.98 Å². The molecule has 5 heteroatoms. The highest BCUT2D eigenvalue weighted by Gasteiger charge is 2.08. The molecule has 104 valence electrons. The molecule has 0 unspecified atom stereocenters. The van der Waals surface area contributed by atoms with Crippen LogP contribution in [0, 0.1) is 0 Å². The Kier molecular flexibility index (Phi) is 5.12. The van der Waals surface area contributed by atoms with E-state index >= 15 is 0 Å². The van der Waals surface area contributed by atoms with E-state index in [4.69, 9.17) is 0 Å². The molecule has 0 spiro atoms. The maximum absolute atomic E-state index is 11.8. The van der Waals surface area contributed by atoms with Crippen molar-refractivity contribution in [2.45, 2.75) is 19.4 Å². The number of urea groups is 1. The van der Waals surface area contributed by atoms with Crippen molar-refractivity contribution in [3.63, 3.8) is 0 Å². The van der Waals surface area contributed by atoms with E-state index in [9.17, 15) is 4.79 Å². The molecule has 2 amide bonds. The smallest absolute Gasteiger partial charge is 0.319 e. The number of pyridine rings is 1. The van der Waals surface area contributed by atoms with Crippen LogP contribution in [0.5, 0.6) is 0 Å². The van der Waals surface area contributed by atoms with Gasteiger partial charge in [0.2, 0.25) is 0 Å². The minimum absolute atomic E-state index is 0.0537. The van der Waals surface area contributed by atoms with E-state index in [1.54, 1.807) is 24.5 Å². The Hall–Kier alpha value is -1.88. The number of benzene rings is 1. The van der Waals surface area contributed by atoms with Crippen molar-refractivity contribution in [2.24, 2.45) is 0 Å². The van der Waals surface area contributed by atoms with Crippen LogP contribution in [0.3, 0.4) is 0 Å². The number of anilines is 1. The molecule has 2 aromatic rings. The maximum atomic E-state index is 11.8. The molecule has 1 aromatic heterocycles. The van der Waals surface area contributed by atoms with Crippen molar-refractivity contribution in [1.29, 1.82) is 0 Å². The molecule has 1 aromatic carbocycles. The summed E-state index contributed by atoms with van der Waals surface area (Å²) in [6.45, 7) is 1.98. The summed E-state index contributed by atoms with van der Waals surface area (Å²) in [5.41, 5.74) is 1.92. The van der Waals surface area contributed by atoms with Gasteiger partial charge in [-0.1, -0.05) is 28.1 Å². The second-order valence-electron chi connectivity index (χ2n) is 4.57. The minimum atomic E-state index is -0.208. The van der Waals surface area contributed by atoms with E-state index in [0.29, 0.717) is 0 Å². The highest BCUT2D eigenvalue weighted by Crippen LogP contribution is 2.12. The number of hydrogen-bond acceptors (Lipinski definition) is 2. The van der Waals surface area contributed by atoms with Crippen molar-refractivity contribution >= 4 is 27.6 Å². The number of amides is 2. The number of halogens is 1. The summed E-state index contributed by atoms with van der Waals surface area (Å²) in [6.07, 6.45) is 4.07. The summed E-state index contributed by atoms with van der Waals surface area (Å²) < 4.78 is 1.05. The van der Waals surface area contributed by atoms with Crippen molar-refractivity contribution < 1.29 is 4.79 Å². The normalized spacial score (nSPS) is 11.7. The number of carbonyl (C=O) groups excluding carboxylic acids is 1. The highest BCUT2D eigenvalue weighted by atomic mass is 79.9. The monoisotopic (exact) mass is 333 g/mol. The van der Waals surface area contributed by atoms with E-state index in [1.165, 1.54) is 5.56 Å². The van der Waals surface area contributed by atoms with Crippen molar-refractivity contribution in [3.8, 4) is 0 Å². The maximum Gasteiger partial charge on any atom is 0.319 e. The number of nitrogens with one attached hydrogen (secondary N) is 2. The lowest BCUT2D eigenvalue weighted by atomic mass is 10.1. The predicted octanol–water partition coefficient (Wildman–Crippen LogP) is 3.60. The summed E-state index contributed by atoms with van der Waals surface area (Å²) in [7, 11) is 0. The van der Waals surface area contributed by atoms with E-state index in [0.717, 1.165) is 16.6 Å². The first-order valence-corrected chi connectivity index (χ1v) is 7.15. The molecule has 2 rings (SSSR count). The Morgan fingerprint density at radius 1 is 1.20 bits per heavy atom. The predicted molar refractivity (Wildman–Crippen MR) is 83.7 cm³/mol. The molecule has 0 aliphatic rings. The SMILES string of the molecule is C[C@@H](Cc1ccc(Br)cc1)NC(=O)Nc1ccncc1. The van der Waals surface area contributed by atoms with Gasteiger partial charge in [-0.05, 0) is 43.2 Å². The van der Waals surface area contributed by atoms with E-state index in [2.05, 4.69) is 31.5 Å². The Morgan fingerprint density at radius 2 is 1.85 bits per heavy atom. The quantitative estimate of drug-likeness (QED) is 0.898. The summed E-state index contributed by atoms with van der Waals surface area (Å²) in [5.74, 6) is 0. The standard InChI is InChI=1S/C15H16BrN3O/c1-11(10-12-2-4-13(16)5-3-12)18-15(20)19-14-6-8-17-9-7-14/h2-9,11H,10H2,1H3,(H2,17,18,19,20)/t11-/m0/s1. The van der Waals surface area contributed by atoms with E-state index in [1.807, 2.05) is 31.2 Å². The molecular formula is C15H16BrN3O. The third kappa shape index (κ3) is 4.66. The van der Waals surface area contributed by atoms with Crippen LogP contribution in [-0.2, 0) is 6.42 Å². The summed E-state index contributed by atoms with van der Waals surface area (Å²) in [6, 6.07) is 11.4. The first kappa shape index (κ1) is 14.5. The van der Waals surface area contributed by atoms with Gasteiger partial charge in [-0.25, -0.2) is 4.79 Å². The molecule has 0 aliphatic carbocycles. The number of nitrogens with zero attached hydrogens (tertiary/aromatic N) is 1. The lowest BCUT2D eigenvalue weighted by Gasteiger charge is -2.14. The topological polar surface area (TPSA) is 54.0 Å². The van der Waals surface area contributed by atoms with Gasteiger partial charge in [0.25, 0.3) is 0 Å². The van der Waals surface area contributed by atoms with Crippen LogP contribution in [0.15, 0.2) is 53.3 Å². The number of carbonyl (C=O) groups is 1. The van der Waals surface area contributed by atoms with Crippen LogP contribution in [0.2, 0.25) is 0 Å². The van der Waals surface area contributed by atoms with Crippen molar-refractivity contribution in [1.82, 2.24) is 10.3 Å². The molecule has 0 bridgehead atoms. The highest BCUT2D eigenvalue weighted by molar-refractivity contribution is 9.10. The van der Waals surface area contributed by atoms with Gasteiger partial charge in [0, 0.05) is 28.6 Å². The number of hydrogen-bond donors (Lipinski definition) is 2. The molecule has 0 radical (unpaired) electrons. The fourth-order valence-corrected chi connectivity index (χ4v) is 2.12. The average Bonchev–Trinajstić information content (AvgIpc) is 2.42. The Labute approximate surface area is 126 Å². The van der Waals surface area contributed by atoms with Crippen LogP contribution in [-0.4, -0.2) is 17.1 Å². The zero-order valence-electron chi connectivity index (χ0n) is 11.1. The largest absolute Gasteiger partial charge is 0.335 e. The van der Waals surface area contributed by atoms with E-state index in [-0.39, 0.29) is 12.1 Å². The lowest BCUT2D eigenvalue weighted by Crippen LogP contribution is -2.37. The zero-order valence-corrected chi connectivity index (χ0v) is 12.7.